The molecule has 1 aliphatic rings. The lowest BCUT2D eigenvalue weighted by Gasteiger charge is -2.38. The van der Waals surface area contributed by atoms with E-state index in [0.717, 1.165) is 16.7 Å². The van der Waals surface area contributed by atoms with Crippen LogP contribution in [0.25, 0.3) is 0 Å². The molecule has 0 radical (unpaired) electrons. The van der Waals surface area contributed by atoms with Gasteiger partial charge in [-0.1, -0.05) is 51.4 Å². The third-order valence-electron chi connectivity index (χ3n) is 5.82. The van der Waals surface area contributed by atoms with Gasteiger partial charge in [0.15, 0.2) is 6.61 Å². The molecule has 5 unspecified atom stereocenters. The van der Waals surface area contributed by atoms with Crippen molar-refractivity contribution in [1.29, 1.82) is 5.26 Å². The van der Waals surface area contributed by atoms with E-state index in [1.165, 1.54) is 0 Å². The number of nitroso groups, excluding NO2 is 3. The molecule has 2 aromatic carbocycles. The van der Waals surface area contributed by atoms with Crippen molar-refractivity contribution >= 4 is 11.6 Å². The molecule has 0 saturated heterocycles. The molecule has 1 aliphatic carbocycles. The molecule has 2 aromatic rings. The Labute approximate surface area is 189 Å². The summed E-state index contributed by atoms with van der Waals surface area (Å²) >= 11 is 6.40. The number of halogens is 1. The van der Waals surface area contributed by atoms with Crippen LogP contribution in [-0.4, -0.2) is 36.4 Å². The molecule has 10 heteroatoms. The van der Waals surface area contributed by atoms with E-state index in [4.69, 9.17) is 21.6 Å². The smallest absolute Gasteiger partial charge is 0.174 e. The zero-order valence-electron chi connectivity index (χ0n) is 17.0. The first-order valence-electron chi connectivity index (χ1n) is 10.0. The van der Waals surface area contributed by atoms with Gasteiger partial charge in [-0.15, -0.1) is 0 Å². The lowest BCUT2D eigenvalue weighted by Crippen LogP contribution is -2.49. The molecule has 0 aliphatic heterocycles. The van der Waals surface area contributed by atoms with Gasteiger partial charge in [-0.3, -0.25) is 0 Å². The second-order valence-electron chi connectivity index (χ2n) is 7.71. The molecule has 0 bridgehead atoms. The van der Waals surface area contributed by atoms with Crippen molar-refractivity contribution in [1.82, 2.24) is 0 Å². The predicted octanol–water partition coefficient (Wildman–Crippen LogP) is 4.33. The third-order valence-corrected chi connectivity index (χ3v) is 6.19. The van der Waals surface area contributed by atoms with E-state index in [1.54, 1.807) is 24.3 Å². The van der Waals surface area contributed by atoms with Gasteiger partial charge in [0, 0.05) is 16.9 Å². The van der Waals surface area contributed by atoms with Crippen molar-refractivity contribution in [2.75, 3.05) is 13.2 Å². The van der Waals surface area contributed by atoms with Gasteiger partial charge in [0.1, 0.15) is 23.9 Å². The summed E-state index contributed by atoms with van der Waals surface area (Å²) in [6.45, 7) is -0.220. The molecule has 1 fully saturated rings. The molecule has 0 amide bonds. The zero-order chi connectivity index (χ0) is 23.1. The number of nitrogens with zero attached hydrogens (tertiary/aromatic N) is 4. The number of aliphatic hydroxyl groups excluding tert-OH is 1. The van der Waals surface area contributed by atoms with Gasteiger partial charge in [-0.05, 0) is 47.7 Å². The van der Waals surface area contributed by atoms with Crippen LogP contribution in [0.2, 0.25) is 5.02 Å². The monoisotopic (exact) mass is 456 g/mol. The van der Waals surface area contributed by atoms with Gasteiger partial charge in [-0.25, -0.2) is 0 Å². The van der Waals surface area contributed by atoms with E-state index in [9.17, 15) is 19.8 Å². The number of hydrogen-bond donors (Lipinski definition) is 1. The Morgan fingerprint density at radius 2 is 1.81 bits per heavy atom. The highest BCUT2D eigenvalue weighted by molar-refractivity contribution is 6.31. The molecule has 9 nitrogen and oxygen atoms in total. The highest BCUT2D eigenvalue weighted by Crippen LogP contribution is 2.41. The number of ether oxygens (including phenoxy) is 1. The summed E-state index contributed by atoms with van der Waals surface area (Å²) in [5, 5.41) is 28.4. The number of benzene rings is 2. The number of aliphatic hydroxyl groups is 1. The standard InChI is InChI=1S/C22H21ClN4O5/c23-19-6-3-14(10-15(19)9-13-1-4-17(5-2-13)32-8-7-24)18-11-16(12-25-29)22(28)21(27-31)20(18)26-30/h1-6,10,16,18,20-22,28H,8-9,11-12H2. The molecule has 0 aromatic heterocycles. The maximum absolute atomic E-state index is 11.6. The van der Waals surface area contributed by atoms with Gasteiger partial charge >= 0.3 is 0 Å². The molecule has 0 spiro atoms. The van der Waals surface area contributed by atoms with Crippen LogP contribution in [0.15, 0.2) is 58.0 Å². The Morgan fingerprint density at radius 1 is 1.09 bits per heavy atom. The van der Waals surface area contributed by atoms with E-state index >= 15 is 0 Å². The highest BCUT2D eigenvalue weighted by atomic mass is 35.5. The largest absolute Gasteiger partial charge is 0.479 e. The number of hydrogen-bond acceptors (Lipinski definition) is 9. The summed E-state index contributed by atoms with van der Waals surface area (Å²) in [5.74, 6) is -0.528. The van der Waals surface area contributed by atoms with Crippen molar-refractivity contribution in [2.24, 2.45) is 21.4 Å². The lowest BCUT2D eigenvalue weighted by atomic mass is 9.71. The average Bonchev–Trinajstić information content (AvgIpc) is 2.81. The van der Waals surface area contributed by atoms with Crippen molar-refractivity contribution in [3.8, 4) is 11.8 Å². The maximum atomic E-state index is 11.6. The quantitative estimate of drug-likeness (QED) is 0.556. The molecule has 166 valence electrons. The molecular formula is C22H21ClN4O5. The highest BCUT2D eigenvalue weighted by Gasteiger charge is 2.47. The molecule has 5 atom stereocenters. The Balaban J connectivity index is 1.87. The van der Waals surface area contributed by atoms with Crippen LogP contribution in [-0.2, 0) is 6.42 Å². The van der Waals surface area contributed by atoms with E-state index < -0.39 is 30.0 Å². The minimum Gasteiger partial charge on any atom is -0.479 e. The van der Waals surface area contributed by atoms with Crippen molar-refractivity contribution < 1.29 is 9.84 Å². The SMILES string of the molecule is N#CCOc1ccc(Cc2cc(C3CC(CN=O)C(O)C(N=O)C3N=O)ccc2Cl)cc1. The van der Waals surface area contributed by atoms with Crippen LogP contribution in [0.1, 0.15) is 29.0 Å². The van der Waals surface area contributed by atoms with E-state index in [-0.39, 0.29) is 19.6 Å². The van der Waals surface area contributed by atoms with Gasteiger partial charge in [0.25, 0.3) is 0 Å². The van der Waals surface area contributed by atoms with Gasteiger partial charge in [0.2, 0.25) is 0 Å². The summed E-state index contributed by atoms with van der Waals surface area (Å²) in [6, 6.07) is 12.1. The number of nitriles is 1. The van der Waals surface area contributed by atoms with Crippen LogP contribution in [0.4, 0.5) is 0 Å². The van der Waals surface area contributed by atoms with E-state index in [0.29, 0.717) is 17.2 Å². The third kappa shape index (κ3) is 5.15. The van der Waals surface area contributed by atoms with Crippen LogP contribution in [0, 0.1) is 32.0 Å². The van der Waals surface area contributed by atoms with Crippen LogP contribution in [0.5, 0.6) is 5.75 Å². The molecule has 0 heterocycles. The Kier molecular flexibility index (Phi) is 7.98. The minimum absolute atomic E-state index is 0.0352. The normalized spacial score (nSPS) is 24.8. The van der Waals surface area contributed by atoms with E-state index in [2.05, 4.69) is 15.5 Å². The van der Waals surface area contributed by atoms with E-state index in [1.807, 2.05) is 24.3 Å². The summed E-state index contributed by atoms with van der Waals surface area (Å²) < 4.78 is 5.25. The summed E-state index contributed by atoms with van der Waals surface area (Å²) in [6.07, 6.45) is -0.492. The van der Waals surface area contributed by atoms with Crippen LogP contribution in [0.3, 0.4) is 0 Å². The number of rotatable bonds is 9. The Hall–Kier alpha value is -3.22. The Bertz CT molecular complexity index is 1010. The van der Waals surface area contributed by atoms with Crippen molar-refractivity contribution in [3.63, 3.8) is 0 Å². The molecule has 1 saturated carbocycles. The second kappa shape index (κ2) is 10.9. The predicted molar refractivity (Wildman–Crippen MR) is 118 cm³/mol. The summed E-state index contributed by atoms with van der Waals surface area (Å²) in [5.41, 5.74) is 2.47. The Morgan fingerprint density at radius 3 is 2.44 bits per heavy atom. The molecule has 1 N–H and O–H groups in total. The van der Waals surface area contributed by atoms with Gasteiger partial charge < -0.3 is 9.84 Å². The maximum Gasteiger partial charge on any atom is 0.174 e. The first kappa shape index (κ1) is 23.4. The first-order chi connectivity index (χ1) is 15.5. The summed E-state index contributed by atoms with van der Waals surface area (Å²) in [7, 11) is 0. The fourth-order valence-corrected chi connectivity index (χ4v) is 4.38. The fraction of sp³-hybridized carbons (Fsp3) is 0.409. The van der Waals surface area contributed by atoms with Crippen LogP contribution < -0.4 is 4.74 Å². The second-order valence-corrected chi connectivity index (χ2v) is 8.12. The topological polar surface area (TPSA) is 142 Å². The lowest BCUT2D eigenvalue weighted by molar-refractivity contribution is 0.0377. The summed E-state index contributed by atoms with van der Waals surface area (Å²) in [4.78, 5) is 33.7. The van der Waals surface area contributed by atoms with Crippen molar-refractivity contribution in [3.05, 3.63) is 78.9 Å². The van der Waals surface area contributed by atoms with Crippen molar-refractivity contribution in [2.45, 2.75) is 36.9 Å². The van der Waals surface area contributed by atoms with Gasteiger partial charge in [-0.2, -0.15) is 20.0 Å². The van der Waals surface area contributed by atoms with Crippen LogP contribution >= 0.6 is 11.6 Å². The first-order valence-corrected chi connectivity index (χ1v) is 10.4. The average molecular weight is 457 g/mol. The fourth-order valence-electron chi connectivity index (χ4n) is 4.20. The molecule has 3 rings (SSSR count). The minimum atomic E-state index is -1.25. The van der Waals surface area contributed by atoms with Gasteiger partial charge in [0.05, 0.1) is 12.6 Å². The zero-order valence-corrected chi connectivity index (χ0v) is 17.8. The molecule has 32 heavy (non-hydrogen) atoms. The molecular weight excluding hydrogens is 436 g/mol.